The number of allylic oxidation sites excluding steroid dienone is 8. The lowest BCUT2D eigenvalue weighted by Gasteiger charge is -2.35. The third kappa shape index (κ3) is 26.4. The molecule has 8 aliphatic rings. The summed E-state index contributed by atoms with van der Waals surface area (Å²) < 4.78 is 56.4. The fourth-order valence-corrected chi connectivity index (χ4v) is 15.9. The Morgan fingerprint density at radius 3 is 1.17 bits per heavy atom. The minimum absolute atomic E-state index is 0.00108. The number of hydrogen-bond donors (Lipinski definition) is 1. The van der Waals surface area contributed by atoms with Crippen molar-refractivity contribution in [2.24, 2.45) is 0 Å². The van der Waals surface area contributed by atoms with Crippen LogP contribution in [0.1, 0.15) is 95.2 Å². The predicted octanol–water partition coefficient (Wildman–Crippen LogP) is 14.1. The van der Waals surface area contributed by atoms with Crippen LogP contribution in [0.25, 0.3) is 36.5 Å². The van der Waals surface area contributed by atoms with Crippen molar-refractivity contribution in [3.05, 3.63) is 295 Å². The second kappa shape index (κ2) is 50.2. The molecule has 0 unspecified atom stereocenters. The number of nitrogens with zero attached hydrogens (tertiary/aromatic N) is 11. The summed E-state index contributed by atoms with van der Waals surface area (Å²) in [7, 11) is 8.23. The second-order valence-electron chi connectivity index (χ2n) is 30.6. The van der Waals surface area contributed by atoms with Crippen molar-refractivity contribution >= 4 is 206 Å². The van der Waals surface area contributed by atoms with Crippen LogP contribution in [-0.2, 0) is 62.3 Å². The highest BCUT2D eigenvalue weighted by Crippen LogP contribution is 2.34. The quantitative estimate of drug-likeness (QED) is 0.0244. The van der Waals surface area contributed by atoms with Crippen LogP contribution in [0.15, 0.2) is 239 Å². The number of rotatable bonds is 20. The molecule has 139 heavy (non-hydrogen) atoms. The number of likely N-dealkylation sites (N-methyl/N-ethyl adjacent to an activating group) is 10. The molecule has 0 saturated carbocycles. The fourth-order valence-electron chi connectivity index (χ4n) is 14.0. The molecule has 6 aromatic carbocycles. The third-order valence-electron chi connectivity index (χ3n) is 21.5. The molecule has 29 nitrogen and oxygen atoms in total. The molecule has 0 radical (unpaired) electrons. The van der Waals surface area contributed by atoms with E-state index in [-0.39, 0.29) is 109 Å². The molecule has 0 spiro atoms. The number of fused-ring (bicyclic) bond motifs is 2. The number of ketones is 1. The van der Waals surface area contributed by atoms with Crippen LogP contribution in [0.2, 0.25) is 5.02 Å². The molecule has 1 N–H and O–H groups in total. The number of hydrogen-bond acceptors (Lipinski definition) is 22. The first-order valence-electron chi connectivity index (χ1n) is 43.7. The molecule has 0 aromatic heterocycles. The summed E-state index contributed by atoms with van der Waals surface area (Å²) >= 11 is 26.7. The maximum absolute atomic E-state index is 13.6. The summed E-state index contributed by atoms with van der Waals surface area (Å²) in [4.78, 5) is 185. The van der Waals surface area contributed by atoms with Crippen molar-refractivity contribution in [3.63, 3.8) is 0 Å². The summed E-state index contributed by atoms with van der Waals surface area (Å²) in [6, 6.07) is 37.0. The molecule has 37 heteroatoms. The molecule has 14 amide bonds. The second-order valence-corrected chi connectivity index (χ2v) is 32.5. The van der Waals surface area contributed by atoms with Gasteiger partial charge in [0.2, 0.25) is 5.91 Å². The first-order chi connectivity index (χ1) is 66.3. The van der Waals surface area contributed by atoms with Crippen LogP contribution < -0.4 is 24.4 Å². The Morgan fingerprint density at radius 2 is 0.777 bits per heavy atom. The highest BCUT2D eigenvalue weighted by Gasteiger charge is 2.43. The Morgan fingerprint density at radius 1 is 0.410 bits per heavy atom. The van der Waals surface area contributed by atoms with E-state index in [1.807, 2.05) is 132 Å². The Hall–Kier alpha value is -15.0. The minimum atomic E-state index is -0.725. The average Bonchev–Trinajstić information content (AvgIpc) is 0.805. The van der Waals surface area contributed by atoms with E-state index in [9.17, 15) is 80.3 Å². The van der Waals surface area contributed by atoms with Crippen LogP contribution >= 0.6 is 60.5 Å². The first-order valence-corrected chi connectivity index (χ1v) is 45.7. The normalized spacial score (nSPS) is 16.6. The number of anilines is 1. The monoisotopic (exact) mass is 1980 g/mol. The number of thiocarbonyl (C=S) groups is 4. The highest BCUT2D eigenvalue weighted by molar-refractivity contribution is 7.81. The van der Waals surface area contributed by atoms with Gasteiger partial charge in [-0.15, -0.1) is 0 Å². The number of para-hydroxylation sites is 1. The SMILES string of the molecule is CCN1C(=O)C(=C/C=C/c2c(F)cccc2F)C(=O)N(CC)C1=S.CCN1C(=O)C(=C/C=C/c2ccc(F)cc2)C(=O)N(CC)C1=S.CCN1C(=O)C(=C/C=C/c2ccc(N(C)C)cc2)C(=O)N(CC)C1=S.CCN1C(=O)C(=C/C=C/c2cccc(Cl)c2)C(=O)N(CC)C1=S.COc1ccc2c(c1)OCC(C=C1C(=O)N(C)C(=O)N(C)C1=O)=C2.O=C1CC(=O)/C(=C\C2=Cc3ccccc3OC2)C(=O)N1. The van der Waals surface area contributed by atoms with Gasteiger partial charge in [-0.2, -0.15) is 0 Å². The van der Waals surface area contributed by atoms with E-state index >= 15 is 0 Å². The lowest BCUT2D eigenvalue weighted by molar-refractivity contribution is -0.137. The number of Topliss-reactive ketones (excluding diaryl/α,β-unsaturated/α-hetero) is 1. The zero-order chi connectivity index (χ0) is 102. The number of piperidine rings is 1. The number of carbonyl (C=O) groups excluding carboxylic acids is 14. The summed E-state index contributed by atoms with van der Waals surface area (Å²) in [5.74, 6) is -5.77. The molecular weight excluding hydrogens is 1890 g/mol. The van der Waals surface area contributed by atoms with Crippen molar-refractivity contribution in [3.8, 4) is 17.2 Å². The number of urea groups is 1. The Bertz CT molecular complexity index is 6170. The van der Waals surface area contributed by atoms with Gasteiger partial charge in [-0.25, -0.2) is 18.0 Å². The molecule has 6 fully saturated rings. The fraction of sp³-hybridized carbons (Fsp3) is 0.235. The van der Waals surface area contributed by atoms with E-state index in [0.29, 0.717) is 74.5 Å². The van der Waals surface area contributed by atoms with Crippen LogP contribution in [0, 0.1) is 17.5 Å². The number of ether oxygens (including phenoxy) is 3. The molecule has 8 aliphatic heterocycles. The smallest absolute Gasteiger partial charge is 0.333 e. The van der Waals surface area contributed by atoms with Gasteiger partial charge >= 0.3 is 6.03 Å². The number of amides is 14. The van der Waals surface area contributed by atoms with E-state index < -0.39 is 70.7 Å². The van der Waals surface area contributed by atoms with E-state index in [2.05, 4.69) is 5.32 Å². The van der Waals surface area contributed by atoms with Gasteiger partial charge in [0.1, 0.15) is 75.8 Å². The maximum atomic E-state index is 13.6. The lowest BCUT2D eigenvalue weighted by atomic mass is 9.99. The van der Waals surface area contributed by atoms with Crippen molar-refractivity contribution in [2.45, 2.75) is 61.8 Å². The molecule has 8 heterocycles. The Labute approximate surface area is 828 Å². The molecular formula is C102H100ClF3N12O17S4. The maximum Gasteiger partial charge on any atom is 0.333 e. The van der Waals surface area contributed by atoms with Gasteiger partial charge in [0.25, 0.3) is 65.0 Å². The van der Waals surface area contributed by atoms with Gasteiger partial charge < -0.3 is 19.1 Å². The van der Waals surface area contributed by atoms with Crippen LogP contribution in [-0.4, -0.2) is 253 Å². The van der Waals surface area contributed by atoms with E-state index in [1.54, 1.807) is 108 Å². The van der Waals surface area contributed by atoms with Crippen molar-refractivity contribution in [1.29, 1.82) is 0 Å². The zero-order valence-electron chi connectivity index (χ0n) is 78.2. The standard InChI is InChI=1S/C19H23N3O2S.C17H17ClN2O2S.C17H16F2N2O2S.C17H17FN2O2S.C17H16N2O5.C15H11NO4/c1-5-21-17(23)16(18(24)22(6-2)19(21)25)9-7-8-14-10-12-15(13-11-14)20(3)4;1-3-19-15(21)14(16(22)20(4-2)17(19)23)10-6-8-12-7-5-9-13(18)11-12;1-3-20-15(22)12(16(23)21(4-2)17(20)24)8-5-7-11-13(18)9-6-10-14(11)19;1-3-19-15(21)14(16(22)20(4-2)17(19)23)7-5-6-12-8-10-13(18)11-9-12;1-18-15(20)13(16(21)19(2)17(18)22)7-10-6-11-4-5-12(23-3)8-14(11)24-9-10;17-12-7-14(18)16-15(19)11(12)6-9-5-10-3-1-2-4-13(10)20-8-9/h7-13H,5-6H2,1-4H3;5-11H,3-4H2,1-2H3;5-10H,3-4H2,1-2H3;5-11H,3-4H2,1-2H3;4-8H,9H2,1-3H3;1-6H,7-8H2,(H,16,18,19)/b8-7+;8-6+;7-5+;6-5+;;11-6+. The molecule has 0 aliphatic carbocycles. The Kier molecular flexibility index (Phi) is 38.9. The van der Waals surface area contributed by atoms with Crippen molar-refractivity contribution < 1.29 is 94.5 Å². The van der Waals surface area contributed by atoms with E-state index in [4.69, 9.17) is 74.7 Å². The summed E-state index contributed by atoms with van der Waals surface area (Å²) in [6.07, 6.45) is 25.0. The molecule has 6 saturated heterocycles. The summed E-state index contributed by atoms with van der Waals surface area (Å²) in [6.45, 7) is 18.1. The van der Waals surface area contributed by atoms with E-state index in [1.165, 1.54) is 114 Å². The van der Waals surface area contributed by atoms with E-state index in [0.717, 1.165) is 66.8 Å². The number of methoxy groups -OCH3 is 1. The number of nitrogens with one attached hydrogen (secondary N) is 1. The minimum Gasteiger partial charge on any atom is -0.497 e. The van der Waals surface area contributed by atoms with Gasteiger partial charge in [0.15, 0.2) is 26.2 Å². The van der Waals surface area contributed by atoms with Gasteiger partial charge in [-0.05, 0) is 254 Å². The van der Waals surface area contributed by atoms with Crippen LogP contribution in [0.4, 0.5) is 23.7 Å². The number of barbiturate groups is 1. The number of halogens is 4. The highest BCUT2D eigenvalue weighted by atomic mass is 35.5. The van der Waals surface area contributed by atoms with Crippen LogP contribution in [0.5, 0.6) is 17.2 Å². The first kappa shape index (κ1) is 108. The van der Waals surface area contributed by atoms with Gasteiger partial charge in [0.05, 0.1) is 19.1 Å². The van der Waals surface area contributed by atoms with Gasteiger partial charge in [-0.3, -0.25) is 117 Å². The van der Waals surface area contributed by atoms with Gasteiger partial charge in [0, 0.05) is 114 Å². The molecule has 0 atom stereocenters. The number of benzene rings is 6. The topological polar surface area (TPSA) is 314 Å². The Balaban J connectivity index is 0.000000187. The predicted molar refractivity (Wildman–Crippen MR) is 539 cm³/mol. The largest absolute Gasteiger partial charge is 0.497 e. The lowest BCUT2D eigenvalue weighted by Crippen LogP contribution is -2.55. The average molecular weight is 1990 g/mol. The van der Waals surface area contributed by atoms with Crippen LogP contribution in [0.3, 0.4) is 0 Å². The number of imide groups is 3. The van der Waals surface area contributed by atoms with Crippen molar-refractivity contribution in [1.82, 2.24) is 54.3 Å². The van der Waals surface area contributed by atoms with Crippen molar-refractivity contribution in [2.75, 3.05) is 106 Å². The number of carbonyl (C=O) groups is 14. The molecule has 0 bridgehead atoms. The summed E-state index contributed by atoms with van der Waals surface area (Å²) in [5.41, 5.74) is 6.79. The zero-order valence-corrected chi connectivity index (χ0v) is 82.2. The molecule has 6 aromatic rings. The van der Waals surface area contributed by atoms with Gasteiger partial charge in [-0.1, -0.05) is 115 Å². The molecule has 722 valence electrons. The summed E-state index contributed by atoms with van der Waals surface area (Å²) in [5, 5.41) is 3.71. The third-order valence-corrected chi connectivity index (χ3v) is 23.5. The molecule has 14 rings (SSSR count).